The monoisotopic (exact) mass is 161 g/mol. The number of aromatic hydroxyl groups is 1. The fraction of sp³-hybridized carbons (Fsp3) is 0. The second-order valence-corrected chi connectivity index (χ2v) is 1.62. The number of rotatable bonds is 1. The molecule has 3 nitrogen and oxygen atoms in total. The molecule has 0 aliphatic heterocycles. The summed E-state index contributed by atoms with van der Waals surface area (Å²) in [6, 6.07) is 6.28. The highest BCUT2D eigenvalue weighted by molar-refractivity contribution is 5.85. The van der Waals surface area contributed by atoms with Crippen molar-refractivity contribution in [3.05, 3.63) is 24.3 Å². The van der Waals surface area contributed by atoms with Crippen LogP contribution in [0.3, 0.4) is 0 Å². The first-order valence-electron chi connectivity index (χ1n) is 2.48. The van der Waals surface area contributed by atoms with Gasteiger partial charge in [0.25, 0.3) is 0 Å². The zero-order valence-corrected chi connectivity index (χ0v) is 5.97. The Bertz CT molecular complexity index is 205. The predicted molar refractivity (Wildman–Crippen MR) is 40.2 cm³/mol. The number of halogens is 1. The van der Waals surface area contributed by atoms with Crippen molar-refractivity contribution >= 4 is 12.4 Å². The minimum atomic E-state index is 0. The van der Waals surface area contributed by atoms with Gasteiger partial charge in [0, 0.05) is 6.07 Å². The first-order chi connectivity index (χ1) is 4.33. The fourth-order valence-corrected chi connectivity index (χ4v) is 0.557. The van der Waals surface area contributed by atoms with Gasteiger partial charge in [0.2, 0.25) is 0 Å². The van der Waals surface area contributed by atoms with Gasteiger partial charge in [-0.3, -0.25) is 0 Å². The molecule has 0 unspecified atom stereocenters. The van der Waals surface area contributed by atoms with Crippen molar-refractivity contribution in [3.63, 3.8) is 0 Å². The summed E-state index contributed by atoms with van der Waals surface area (Å²) >= 11 is 0. The summed E-state index contributed by atoms with van der Waals surface area (Å²) in [6.45, 7) is 0. The third-order valence-corrected chi connectivity index (χ3v) is 0.954. The molecule has 0 saturated heterocycles. The van der Waals surface area contributed by atoms with Crippen LogP contribution in [-0.2, 0) is 0 Å². The number of phenolic OH excluding ortho intramolecular Hbond substituents is 1. The van der Waals surface area contributed by atoms with Gasteiger partial charge in [0.05, 0.1) is 0 Å². The highest BCUT2D eigenvalue weighted by atomic mass is 35.5. The molecule has 0 fully saturated rings. The van der Waals surface area contributed by atoms with E-state index in [1.807, 2.05) is 0 Å². The van der Waals surface area contributed by atoms with E-state index in [0.29, 0.717) is 5.75 Å². The minimum Gasteiger partial charge on any atom is -0.508 e. The lowest BCUT2D eigenvalue weighted by Gasteiger charge is -1.95. The molecule has 0 radical (unpaired) electrons. The lowest BCUT2D eigenvalue weighted by atomic mass is 10.3. The standard InChI is InChI=1S/C6H7NO2.ClH/c7-9-6-3-1-2-5(8)4-6;/h1-4,8H,7H2;1H. The highest BCUT2D eigenvalue weighted by Crippen LogP contribution is 2.15. The number of nitrogens with two attached hydrogens (primary N) is 1. The molecule has 0 amide bonds. The smallest absolute Gasteiger partial charge is 0.150 e. The van der Waals surface area contributed by atoms with E-state index in [-0.39, 0.29) is 18.2 Å². The number of hydrogen-bond donors (Lipinski definition) is 2. The Labute approximate surface area is 64.8 Å². The van der Waals surface area contributed by atoms with E-state index in [2.05, 4.69) is 4.84 Å². The summed E-state index contributed by atoms with van der Waals surface area (Å²) in [5, 5.41) is 8.81. The van der Waals surface area contributed by atoms with Gasteiger partial charge in [-0.15, -0.1) is 12.4 Å². The molecule has 0 bridgehead atoms. The molecule has 4 heteroatoms. The number of hydrogen-bond acceptors (Lipinski definition) is 3. The predicted octanol–water partition coefficient (Wildman–Crippen LogP) is 1.07. The average molecular weight is 162 g/mol. The highest BCUT2D eigenvalue weighted by Gasteiger charge is 1.89. The molecule has 10 heavy (non-hydrogen) atoms. The summed E-state index contributed by atoms with van der Waals surface area (Å²) in [4.78, 5) is 4.34. The molecule has 0 saturated carbocycles. The lowest BCUT2D eigenvalue weighted by molar-refractivity contribution is 0.332. The first kappa shape index (κ1) is 9.07. The van der Waals surface area contributed by atoms with Crippen LogP contribution in [0.1, 0.15) is 0 Å². The second kappa shape index (κ2) is 3.98. The largest absolute Gasteiger partial charge is 0.508 e. The molecular formula is C6H8ClNO2. The molecule has 0 aliphatic carbocycles. The van der Waals surface area contributed by atoms with Crippen molar-refractivity contribution in [2.24, 2.45) is 5.90 Å². The zero-order valence-electron chi connectivity index (χ0n) is 5.15. The molecule has 0 aliphatic rings. The Kier molecular flexibility index (Phi) is 3.61. The summed E-state index contributed by atoms with van der Waals surface area (Å²) in [5.74, 6) is 5.41. The minimum absolute atomic E-state index is 0. The summed E-state index contributed by atoms with van der Waals surface area (Å²) < 4.78 is 0. The van der Waals surface area contributed by atoms with Crippen LogP contribution in [0.15, 0.2) is 24.3 Å². The molecule has 0 spiro atoms. The SMILES string of the molecule is Cl.NOc1cccc(O)c1. The average Bonchev–Trinajstić information content (AvgIpc) is 1.88. The maximum Gasteiger partial charge on any atom is 0.150 e. The second-order valence-electron chi connectivity index (χ2n) is 1.62. The molecule has 56 valence electrons. The van der Waals surface area contributed by atoms with Gasteiger partial charge in [-0.1, -0.05) is 6.07 Å². The zero-order chi connectivity index (χ0) is 6.69. The summed E-state index contributed by atoms with van der Waals surface area (Å²) in [5.41, 5.74) is 0. The van der Waals surface area contributed by atoms with E-state index in [1.54, 1.807) is 18.2 Å². The molecule has 1 aromatic carbocycles. The van der Waals surface area contributed by atoms with Crippen LogP contribution in [-0.4, -0.2) is 5.11 Å². The summed E-state index contributed by atoms with van der Waals surface area (Å²) in [7, 11) is 0. The van der Waals surface area contributed by atoms with Crippen LogP contribution in [0.2, 0.25) is 0 Å². The van der Waals surface area contributed by atoms with Crippen molar-refractivity contribution in [3.8, 4) is 11.5 Å². The normalized spacial score (nSPS) is 8.10. The molecule has 3 N–H and O–H groups in total. The first-order valence-corrected chi connectivity index (χ1v) is 2.48. The van der Waals surface area contributed by atoms with Crippen LogP contribution in [0.4, 0.5) is 0 Å². The molecule has 0 aromatic heterocycles. The Morgan fingerprint density at radius 1 is 1.40 bits per heavy atom. The van der Waals surface area contributed by atoms with Gasteiger partial charge in [-0.2, -0.15) is 5.90 Å². The third kappa shape index (κ3) is 2.13. The van der Waals surface area contributed by atoms with E-state index >= 15 is 0 Å². The van der Waals surface area contributed by atoms with Gasteiger partial charge in [0.1, 0.15) is 5.75 Å². The van der Waals surface area contributed by atoms with Crippen molar-refractivity contribution in [2.45, 2.75) is 0 Å². The van der Waals surface area contributed by atoms with Gasteiger partial charge >= 0.3 is 0 Å². The fourth-order valence-electron chi connectivity index (χ4n) is 0.557. The van der Waals surface area contributed by atoms with Crippen LogP contribution in [0.25, 0.3) is 0 Å². The lowest BCUT2D eigenvalue weighted by Crippen LogP contribution is -2.00. The van der Waals surface area contributed by atoms with Crippen molar-refractivity contribution in [2.75, 3.05) is 0 Å². The molecule has 1 rings (SSSR count). The molecule has 0 atom stereocenters. The van der Waals surface area contributed by atoms with Crippen LogP contribution < -0.4 is 10.7 Å². The van der Waals surface area contributed by atoms with Crippen LogP contribution >= 0.6 is 12.4 Å². The van der Waals surface area contributed by atoms with E-state index in [9.17, 15) is 0 Å². The summed E-state index contributed by atoms with van der Waals surface area (Å²) in [6.07, 6.45) is 0. The molecular weight excluding hydrogens is 154 g/mol. The Morgan fingerprint density at radius 3 is 2.50 bits per heavy atom. The number of benzene rings is 1. The molecule has 0 heterocycles. The topological polar surface area (TPSA) is 55.5 Å². The molecule has 1 aromatic rings. The quantitative estimate of drug-likeness (QED) is 0.606. The van der Waals surface area contributed by atoms with Gasteiger partial charge in [-0.25, -0.2) is 0 Å². The van der Waals surface area contributed by atoms with Crippen LogP contribution in [0, 0.1) is 0 Å². The Balaban J connectivity index is 0.000000810. The van der Waals surface area contributed by atoms with Gasteiger partial charge in [0.15, 0.2) is 5.75 Å². The van der Waals surface area contributed by atoms with Crippen LogP contribution in [0.5, 0.6) is 11.5 Å². The number of phenols is 1. The van der Waals surface area contributed by atoms with Crippen molar-refractivity contribution in [1.82, 2.24) is 0 Å². The van der Waals surface area contributed by atoms with E-state index in [0.717, 1.165) is 0 Å². The van der Waals surface area contributed by atoms with E-state index < -0.39 is 0 Å². The van der Waals surface area contributed by atoms with E-state index in [1.165, 1.54) is 6.07 Å². The van der Waals surface area contributed by atoms with Crippen molar-refractivity contribution in [1.29, 1.82) is 0 Å². The van der Waals surface area contributed by atoms with E-state index in [4.69, 9.17) is 11.0 Å². The third-order valence-electron chi connectivity index (χ3n) is 0.954. The van der Waals surface area contributed by atoms with Gasteiger partial charge in [-0.05, 0) is 12.1 Å². The maximum absolute atomic E-state index is 8.81. The Morgan fingerprint density at radius 2 is 2.10 bits per heavy atom. The Hall–Kier alpha value is -0.930. The maximum atomic E-state index is 8.81. The van der Waals surface area contributed by atoms with Crippen molar-refractivity contribution < 1.29 is 9.94 Å². The van der Waals surface area contributed by atoms with Gasteiger partial charge < -0.3 is 9.94 Å².